The summed E-state index contributed by atoms with van der Waals surface area (Å²) in [6, 6.07) is 7.59. The maximum Gasteiger partial charge on any atom is 0.316 e. The summed E-state index contributed by atoms with van der Waals surface area (Å²) in [7, 11) is 4.82. The molecule has 0 radical (unpaired) electrons. The standard InChI is InChI=1S/C13H15N3O3S/c1-16-12(9-6-4-5-7-10(9)18-2)14-15-13(16)20-8-11(17)19-3/h4-7H,8H2,1-3H3. The van der Waals surface area contributed by atoms with Crippen molar-refractivity contribution in [3.8, 4) is 17.1 Å². The molecule has 20 heavy (non-hydrogen) atoms. The summed E-state index contributed by atoms with van der Waals surface area (Å²) in [5, 5.41) is 8.89. The first-order chi connectivity index (χ1) is 9.67. The number of esters is 1. The molecule has 0 fully saturated rings. The summed E-state index contributed by atoms with van der Waals surface area (Å²) in [5.41, 5.74) is 0.856. The number of nitrogens with zero attached hydrogens (tertiary/aromatic N) is 3. The second kappa shape index (κ2) is 6.42. The molecular formula is C13H15N3O3S. The van der Waals surface area contributed by atoms with E-state index in [1.165, 1.54) is 18.9 Å². The zero-order valence-electron chi connectivity index (χ0n) is 11.5. The normalized spacial score (nSPS) is 10.3. The van der Waals surface area contributed by atoms with E-state index in [0.29, 0.717) is 11.0 Å². The third-order valence-corrected chi connectivity index (χ3v) is 3.72. The Labute approximate surface area is 121 Å². The first-order valence-corrected chi connectivity index (χ1v) is 6.88. The fourth-order valence-corrected chi connectivity index (χ4v) is 2.43. The number of aromatic nitrogens is 3. The Morgan fingerprint density at radius 2 is 2.05 bits per heavy atom. The molecule has 6 nitrogen and oxygen atoms in total. The molecule has 0 unspecified atom stereocenters. The molecule has 1 heterocycles. The molecule has 0 bridgehead atoms. The van der Waals surface area contributed by atoms with Crippen LogP contribution < -0.4 is 4.74 Å². The third kappa shape index (κ3) is 2.93. The van der Waals surface area contributed by atoms with Crippen molar-refractivity contribution >= 4 is 17.7 Å². The molecule has 0 atom stereocenters. The van der Waals surface area contributed by atoms with Gasteiger partial charge in [0.25, 0.3) is 0 Å². The van der Waals surface area contributed by atoms with Crippen molar-refractivity contribution in [2.24, 2.45) is 7.05 Å². The lowest BCUT2D eigenvalue weighted by Gasteiger charge is -2.07. The van der Waals surface area contributed by atoms with Gasteiger partial charge in [0.05, 0.1) is 25.5 Å². The van der Waals surface area contributed by atoms with E-state index < -0.39 is 0 Å². The quantitative estimate of drug-likeness (QED) is 0.618. The van der Waals surface area contributed by atoms with Crippen LogP contribution in [0.1, 0.15) is 0 Å². The van der Waals surface area contributed by atoms with Gasteiger partial charge in [-0.25, -0.2) is 0 Å². The van der Waals surface area contributed by atoms with Crippen molar-refractivity contribution in [1.82, 2.24) is 14.8 Å². The van der Waals surface area contributed by atoms with E-state index in [4.69, 9.17) is 4.74 Å². The molecule has 106 valence electrons. The van der Waals surface area contributed by atoms with E-state index >= 15 is 0 Å². The van der Waals surface area contributed by atoms with E-state index in [2.05, 4.69) is 14.9 Å². The minimum Gasteiger partial charge on any atom is -0.496 e. The van der Waals surface area contributed by atoms with Gasteiger partial charge in [-0.2, -0.15) is 0 Å². The maximum atomic E-state index is 11.2. The van der Waals surface area contributed by atoms with Crippen LogP contribution in [0.2, 0.25) is 0 Å². The molecule has 0 spiro atoms. The molecule has 7 heteroatoms. The van der Waals surface area contributed by atoms with Crippen LogP contribution in [0.25, 0.3) is 11.4 Å². The van der Waals surface area contributed by atoms with E-state index in [1.54, 1.807) is 7.11 Å². The number of thioether (sulfide) groups is 1. The van der Waals surface area contributed by atoms with Gasteiger partial charge in [0.1, 0.15) is 5.75 Å². The van der Waals surface area contributed by atoms with Crippen molar-refractivity contribution in [2.45, 2.75) is 5.16 Å². The number of methoxy groups -OCH3 is 2. The van der Waals surface area contributed by atoms with E-state index in [0.717, 1.165) is 11.3 Å². The second-order valence-corrected chi connectivity index (χ2v) is 4.87. The van der Waals surface area contributed by atoms with E-state index in [-0.39, 0.29) is 11.7 Å². The van der Waals surface area contributed by atoms with Gasteiger partial charge < -0.3 is 14.0 Å². The monoisotopic (exact) mass is 293 g/mol. The Kier molecular flexibility index (Phi) is 4.62. The number of para-hydroxylation sites is 1. The van der Waals surface area contributed by atoms with Crippen LogP contribution in [0.4, 0.5) is 0 Å². The maximum absolute atomic E-state index is 11.2. The van der Waals surface area contributed by atoms with Gasteiger partial charge in [-0.1, -0.05) is 23.9 Å². The largest absolute Gasteiger partial charge is 0.496 e. The van der Waals surface area contributed by atoms with Gasteiger partial charge in [0.15, 0.2) is 11.0 Å². The molecule has 0 saturated carbocycles. The Morgan fingerprint density at radius 1 is 1.30 bits per heavy atom. The Balaban J connectivity index is 2.26. The van der Waals surface area contributed by atoms with Crippen LogP contribution in [0.15, 0.2) is 29.4 Å². The Morgan fingerprint density at radius 3 is 2.75 bits per heavy atom. The second-order valence-electron chi connectivity index (χ2n) is 3.93. The number of hydrogen-bond acceptors (Lipinski definition) is 6. The zero-order chi connectivity index (χ0) is 14.5. The predicted octanol–water partition coefficient (Wildman–Crippen LogP) is 1.76. The van der Waals surface area contributed by atoms with Crippen molar-refractivity contribution in [3.63, 3.8) is 0 Å². The minimum absolute atomic E-state index is 0.203. The minimum atomic E-state index is -0.295. The van der Waals surface area contributed by atoms with Crippen molar-refractivity contribution in [3.05, 3.63) is 24.3 Å². The lowest BCUT2D eigenvalue weighted by Crippen LogP contribution is -2.04. The number of carbonyl (C=O) groups excluding carboxylic acids is 1. The molecule has 2 rings (SSSR count). The molecular weight excluding hydrogens is 278 g/mol. The smallest absolute Gasteiger partial charge is 0.316 e. The summed E-state index contributed by atoms with van der Waals surface area (Å²) < 4.78 is 11.7. The molecule has 0 aliphatic heterocycles. The highest BCUT2D eigenvalue weighted by Crippen LogP contribution is 2.29. The van der Waals surface area contributed by atoms with Gasteiger partial charge >= 0.3 is 5.97 Å². The van der Waals surface area contributed by atoms with Crippen LogP contribution in [-0.4, -0.2) is 40.7 Å². The van der Waals surface area contributed by atoms with E-state index in [9.17, 15) is 4.79 Å². The molecule has 0 amide bonds. The summed E-state index contributed by atoms with van der Waals surface area (Å²) in [6.45, 7) is 0. The Bertz CT molecular complexity index is 613. The summed E-state index contributed by atoms with van der Waals surface area (Å²) in [5.74, 6) is 1.33. The molecule has 0 saturated heterocycles. The highest BCUT2D eigenvalue weighted by molar-refractivity contribution is 7.99. The highest BCUT2D eigenvalue weighted by atomic mass is 32.2. The van der Waals surface area contributed by atoms with Crippen molar-refractivity contribution in [2.75, 3.05) is 20.0 Å². The van der Waals surface area contributed by atoms with E-state index in [1.807, 2.05) is 35.9 Å². The van der Waals surface area contributed by atoms with Gasteiger partial charge in [-0.15, -0.1) is 10.2 Å². The van der Waals surface area contributed by atoms with Gasteiger partial charge in [-0.3, -0.25) is 4.79 Å². The molecule has 1 aromatic carbocycles. The van der Waals surface area contributed by atoms with Crippen LogP contribution >= 0.6 is 11.8 Å². The van der Waals surface area contributed by atoms with Crippen molar-refractivity contribution < 1.29 is 14.3 Å². The first-order valence-electron chi connectivity index (χ1n) is 5.89. The van der Waals surface area contributed by atoms with Gasteiger partial charge in [0, 0.05) is 7.05 Å². The summed E-state index contributed by atoms with van der Waals surface area (Å²) in [4.78, 5) is 11.2. The third-order valence-electron chi connectivity index (χ3n) is 2.73. The summed E-state index contributed by atoms with van der Waals surface area (Å²) >= 11 is 1.28. The lowest BCUT2D eigenvalue weighted by molar-refractivity contribution is -0.137. The van der Waals surface area contributed by atoms with Crippen LogP contribution in [0.5, 0.6) is 5.75 Å². The summed E-state index contributed by atoms with van der Waals surface area (Å²) in [6.07, 6.45) is 0. The molecule has 1 aromatic heterocycles. The average molecular weight is 293 g/mol. The Hall–Kier alpha value is -2.02. The highest BCUT2D eigenvalue weighted by Gasteiger charge is 2.15. The topological polar surface area (TPSA) is 66.2 Å². The van der Waals surface area contributed by atoms with Crippen LogP contribution in [-0.2, 0) is 16.6 Å². The fourth-order valence-electron chi connectivity index (χ4n) is 1.69. The number of rotatable bonds is 5. The zero-order valence-corrected chi connectivity index (χ0v) is 12.3. The van der Waals surface area contributed by atoms with Crippen LogP contribution in [0.3, 0.4) is 0 Å². The molecule has 2 aromatic rings. The lowest BCUT2D eigenvalue weighted by atomic mass is 10.2. The molecule has 0 aliphatic rings. The molecule has 0 aliphatic carbocycles. The number of carbonyl (C=O) groups is 1. The van der Waals surface area contributed by atoms with Gasteiger partial charge in [-0.05, 0) is 12.1 Å². The van der Waals surface area contributed by atoms with Crippen molar-refractivity contribution in [1.29, 1.82) is 0 Å². The molecule has 0 N–H and O–H groups in total. The number of hydrogen-bond donors (Lipinski definition) is 0. The van der Waals surface area contributed by atoms with Crippen LogP contribution in [0, 0.1) is 0 Å². The fraction of sp³-hybridized carbons (Fsp3) is 0.308. The van der Waals surface area contributed by atoms with Gasteiger partial charge in [0.2, 0.25) is 0 Å². The average Bonchev–Trinajstić information content (AvgIpc) is 2.85. The SMILES string of the molecule is COC(=O)CSc1nnc(-c2ccccc2OC)n1C. The number of ether oxygens (including phenoxy) is 2. The predicted molar refractivity (Wildman–Crippen MR) is 75.7 cm³/mol. The first kappa shape index (κ1) is 14.4. The number of benzene rings is 1.